The molecule has 130 valence electrons. The van der Waals surface area contributed by atoms with E-state index in [4.69, 9.17) is 0 Å². The molecule has 4 rings (SSSR count). The number of carbonyl (C=O) groups is 1. The second kappa shape index (κ2) is 6.90. The summed E-state index contributed by atoms with van der Waals surface area (Å²) in [5, 5.41) is 0. The summed E-state index contributed by atoms with van der Waals surface area (Å²) < 4.78 is 0. The summed E-state index contributed by atoms with van der Waals surface area (Å²) in [6, 6.07) is 6.08. The molecule has 0 aromatic carbocycles. The summed E-state index contributed by atoms with van der Waals surface area (Å²) >= 11 is 0. The van der Waals surface area contributed by atoms with Crippen molar-refractivity contribution >= 4 is 5.91 Å². The molecule has 2 aliphatic heterocycles. The number of nitrogens with zero attached hydrogens (tertiary/aromatic N) is 3. The van der Waals surface area contributed by atoms with Crippen LogP contribution in [0.5, 0.6) is 0 Å². The molecule has 2 saturated heterocycles. The third-order valence-electron chi connectivity index (χ3n) is 5.39. The zero-order valence-corrected chi connectivity index (χ0v) is 14.4. The van der Waals surface area contributed by atoms with Crippen molar-refractivity contribution in [3.63, 3.8) is 0 Å². The Morgan fingerprint density at radius 2 is 2.00 bits per heavy atom. The predicted octanol–water partition coefficient (Wildman–Crippen LogP) is 1.65. The van der Waals surface area contributed by atoms with Crippen LogP contribution in [-0.4, -0.2) is 45.9 Å². The van der Waals surface area contributed by atoms with E-state index in [0.29, 0.717) is 11.5 Å². The molecule has 2 aromatic heterocycles. The van der Waals surface area contributed by atoms with Gasteiger partial charge in [0, 0.05) is 61.4 Å². The summed E-state index contributed by atoms with van der Waals surface area (Å²) in [6.07, 6.45) is 9.19. The number of amides is 1. The van der Waals surface area contributed by atoms with Gasteiger partial charge in [0.2, 0.25) is 0 Å². The highest BCUT2D eigenvalue weighted by Crippen LogP contribution is 2.33. The summed E-state index contributed by atoms with van der Waals surface area (Å²) in [4.78, 5) is 23.2. The largest absolute Gasteiger partial charge is 0.334 e. The van der Waals surface area contributed by atoms with Crippen LogP contribution in [-0.2, 0) is 0 Å². The Labute approximate surface area is 147 Å². The first kappa shape index (κ1) is 16.2. The molecule has 2 aliphatic rings. The number of rotatable bonds is 3. The van der Waals surface area contributed by atoms with Gasteiger partial charge in [-0.3, -0.25) is 25.6 Å². The lowest BCUT2D eigenvalue weighted by atomic mass is 9.86. The Kier molecular flexibility index (Phi) is 4.46. The third kappa shape index (κ3) is 3.03. The predicted molar refractivity (Wildman–Crippen MR) is 94.9 cm³/mol. The number of carbonyl (C=O) groups excluding carboxylic acids is 1. The van der Waals surface area contributed by atoms with Gasteiger partial charge >= 0.3 is 0 Å². The van der Waals surface area contributed by atoms with Crippen LogP contribution in [0.3, 0.4) is 0 Å². The van der Waals surface area contributed by atoms with Gasteiger partial charge in [-0.05, 0) is 49.1 Å². The Morgan fingerprint density at radius 1 is 1.20 bits per heavy atom. The topological polar surface area (TPSA) is 70.2 Å². The molecule has 1 amide bonds. The highest BCUT2D eigenvalue weighted by molar-refractivity contribution is 5.94. The quantitative estimate of drug-likeness (QED) is 0.891. The van der Waals surface area contributed by atoms with E-state index in [0.717, 1.165) is 25.9 Å². The van der Waals surface area contributed by atoms with E-state index in [9.17, 15) is 4.79 Å². The number of hydrogen-bond acceptors (Lipinski definition) is 5. The first-order chi connectivity index (χ1) is 12.3. The zero-order chi connectivity index (χ0) is 17.2. The minimum Gasteiger partial charge on any atom is -0.334 e. The minimum atomic E-state index is 0.101. The number of nitrogens with one attached hydrogen (secondary N) is 2. The molecule has 3 atom stereocenters. The number of hydrogen-bond donors (Lipinski definition) is 2. The number of hydrazine groups is 1. The van der Waals surface area contributed by atoms with Gasteiger partial charge in [0.25, 0.3) is 5.91 Å². The van der Waals surface area contributed by atoms with E-state index in [1.54, 1.807) is 24.5 Å². The van der Waals surface area contributed by atoms with Crippen molar-refractivity contribution in [2.45, 2.75) is 37.8 Å². The number of pyridine rings is 2. The highest BCUT2D eigenvalue weighted by atomic mass is 16.2. The van der Waals surface area contributed by atoms with Crippen molar-refractivity contribution in [2.75, 3.05) is 13.1 Å². The van der Waals surface area contributed by atoms with Crippen LogP contribution in [0, 0.1) is 6.92 Å². The van der Waals surface area contributed by atoms with E-state index in [1.165, 1.54) is 11.1 Å². The van der Waals surface area contributed by atoms with Crippen molar-refractivity contribution in [3.8, 4) is 0 Å². The maximum Gasteiger partial charge on any atom is 0.254 e. The van der Waals surface area contributed by atoms with Gasteiger partial charge in [-0.1, -0.05) is 0 Å². The molecule has 0 saturated carbocycles. The Bertz CT molecular complexity index is 750. The molecule has 2 N–H and O–H groups in total. The standard InChI is InChI=1S/C19H23N5O/c1-13-11-21-9-6-15(13)16-12-22-23-18(16)17-3-2-10-24(17)19(25)14-4-7-20-8-5-14/h4-9,11,16-18,22-23H,2-3,10,12H2,1H3. The monoisotopic (exact) mass is 337 g/mol. The lowest BCUT2D eigenvalue weighted by Gasteiger charge is -2.33. The van der Waals surface area contributed by atoms with Crippen molar-refractivity contribution in [3.05, 3.63) is 59.7 Å². The van der Waals surface area contributed by atoms with Crippen LogP contribution in [0.1, 0.15) is 40.2 Å². The van der Waals surface area contributed by atoms with Crippen LogP contribution in [0.25, 0.3) is 0 Å². The molecule has 3 unspecified atom stereocenters. The number of aryl methyl sites for hydroxylation is 1. The van der Waals surface area contributed by atoms with Crippen LogP contribution in [0.15, 0.2) is 43.0 Å². The van der Waals surface area contributed by atoms with E-state index >= 15 is 0 Å². The van der Waals surface area contributed by atoms with E-state index < -0.39 is 0 Å². The maximum absolute atomic E-state index is 13.0. The molecule has 25 heavy (non-hydrogen) atoms. The van der Waals surface area contributed by atoms with Gasteiger partial charge in [-0.2, -0.15) is 0 Å². The van der Waals surface area contributed by atoms with Crippen LogP contribution in [0.4, 0.5) is 0 Å². The molecule has 6 heteroatoms. The third-order valence-corrected chi connectivity index (χ3v) is 5.39. The van der Waals surface area contributed by atoms with Gasteiger partial charge in [0.1, 0.15) is 0 Å². The molecule has 2 aromatic rings. The van der Waals surface area contributed by atoms with E-state index in [1.807, 2.05) is 17.3 Å². The number of aromatic nitrogens is 2. The molecule has 2 fully saturated rings. The first-order valence-electron chi connectivity index (χ1n) is 8.85. The summed E-state index contributed by atoms with van der Waals surface area (Å²) in [7, 11) is 0. The Balaban J connectivity index is 1.59. The molecule has 0 spiro atoms. The summed E-state index contributed by atoms with van der Waals surface area (Å²) in [5.41, 5.74) is 9.96. The molecule has 6 nitrogen and oxygen atoms in total. The first-order valence-corrected chi connectivity index (χ1v) is 8.85. The average molecular weight is 337 g/mol. The van der Waals surface area contributed by atoms with Gasteiger partial charge < -0.3 is 4.90 Å². The average Bonchev–Trinajstić information content (AvgIpc) is 3.31. The Hall–Kier alpha value is -2.31. The van der Waals surface area contributed by atoms with Crippen molar-refractivity contribution in [1.82, 2.24) is 25.7 Å². The second-order valence-corrected chi connectivity index (χ2v) is 6.83. The molecule has 0 radical (unpaired) electrons. The molecular weight excluding hydrogens is 314 g/mol. The van der Waals surface area contributed by atoms with Crippen LogP contribution < -0.4 is 10.9 Å². The fourth-order valence-electron chi connectivity index (χ4n) is 4.16. The zero-order valence-electron chi connectivity index (χ0n) is 14.4. The normalized spacial score (nSPS) is 26.1. The minimum absolute atomic E-state index is 0.101. The fraction of sp³-hybridized carbons (Fsp3) is 0.421. The smallest absolute Gasteiger partial charge is 0.254 e. The maximum atomic E-state index is 13.0. The van der Waals surface area contributed by atoms with Gasteiger partial charge in [-0.25, -0.2) is 0 Å². The van der Waals surface area contributed by atoms with E-state index in [2.05, 4.69) is 33.8 Å². The van der Waals surface area contributed by atoms with Gasteiger partial charge in [-0.15, -0.1) is 0 Å². The number of likely N-dealkylation sites (tertiary alicyclic amines) is 1. The van der Waals surface area contributed by atoms with E-state index in [-0.39, 0.29) is 18.0 Å². The molecular formula is C19H23N5O. The van der Waals surface area contributed by atoms with Crippen molar-refractivity contribution < 1.29 is 4.79 Å². The van der Waals surface area contributed by atoms with Crippen molar-refractivity contribution in [1.29, 1.82) is 0 Å². The second-order valence-electron chi connectivity index (χ2n) is 6.83. The van der Waals surface area contributed by atoms with Gasteiger partial charge in [0.15, 0.2) is 0 Å². The summed E-state index contributed by atoms with van der Waals surface area (Å²) in [5.74, 6) is 0.433. The molecule has 0 aliphatic carbocycles. The fourth-order valence-corrected chi connectivity index (χ4v) is 4.16. The lowest BCUT2D eigenvalue weighted by Crippen LogP contribution is -2.50. The van der Waals surface area contributed by atoms with Gasteiger partial charge in [0.05, 0.1) is 0 Å². The molecule has 0 bridgehead atoms. The lowest BCUT2D eigenvalue weighted by molar-refractivity contribution is 0.0704. The van der Waals surface area contributed by atoms with Crippen LogP contribution >= 0.6 is 0 Å². The van der Waals surface area contributed by atoms with Crippen molar-refractivity contribution in [2.24, 2.45) is 0 Å². The summed E-state index contributed by atoms with van der Waals surface area (Å²) in [6.45, 7) is 3.78. The Morgan fingerprint density at radius 3 is 2.80 bits per heavy atom. The molecule has 4 heterocycles. The SMILES string of the molecule is Cc1cnccc1C1CNNC1C1CCCN1C(=O)c1ccncc1. The highest BCUT2D eigenvalue weighted by Gasteiger charge is 2.42. The van der Waals surface area contributed by atoms with Crippen LogP contribution in [0.2, 0.25) is 0 Å².